The highest BCUT2D eigenvalue weighted by atomic mass is 32.2. The van der Waals surface area contributed by atoms with Crippen LogP contribution in [0, 0.1) is 5.92 Å². The van der Waals surface area contributed by atoms with Gasteiger partial charge in [0.1, 0.15) is 5.75 Å². The van der Waals surface area contributed by atoms with Crippen LogP contribution in [0.2, 0.25) is 0 Å². The number of hydrogen-bond acceptors (Lipinski definition) is 4. The van der Waals surface area contributed by atoms with Gasteiger partial charge in [0, 0.05) is 17.4 Å². The van der Waals surface area contributed by atoms with E-state index in [1.807, 2.05) is 19.2 Å². The minimum absolute atomic E-state index is 0.0647. The van der Waals surface area contributed by atoms with Crippen LogP contribution in [0.25, 0.3) is 0 Å². The first kappa shape index (κ1) is 22.7. The number of carbonyl (C=O) groups excluding carboxylic acids is 1. The lowest BCUT2D eigenvalue weighted by molar-refractivity contribution is -0.137. The highest BCUT2D eigenvalue weighted by Gasteiger charge is 2.42. The molecule has 3 rings (SSSR count). The molecule has 0 spiro atoms. The Morgan fingerprint density at radius 3 is 2.67 bits per heavy atom. The fraction of sp³-hybridized carbons (Fsp3) is 0.500. The van der Waals surface area contributed by atoms with Crippen LogP contribution in [0.1, 0.15) is 35.2 Å². The number of rotatable bonds is 5. The van der Waals surface area contributed by atoms with Crippen molar-refractivity contribution in [1.29, 1.82) is 0 Å². The van der Waals surface area contributed by atoms with Crippen molar-refractivity contribution >= 4 is 17.7 Å². The molecule has 1 N–H and O–H groups in total. The molecule has 1 fully saturated rings. The summed E-state index contributed by atoms with van der Waals surface area (Å²) in [6, 6.07) is 1.92. The van der Waals surface area contributed by atoms with Crippen molar-refractivity contribution in [3.05, 3.63) is 47.6 Å². The normalized spacial score (nSPS) is 24.7. The van der Waals surface area contributed by atoms with Crippen molar-refractivity contribution < 1.29 is 22.7 Å². The monoisotopic (exact) mass is 440 g/mol. The van der Waals surface area contributed by atoms with Crippen molar-refractivity contribution in [2.24, 2.45) is 5.92 Å². The van der Waals surface area contributed by atoms with Crippen molar-refractivity contribution in [1.82, 2.24) is 10.2 Å². The van der Waals surface area contributed by atoms with Gasteiger partial charge in [-0.05, 0) is 51.2 Å². The third-order valence-corrected chi connectivity index (χ3v) is 6.59. The Hall–Kier alpha value is -1.93. The average molecular weight is 441 g/mol. The summed E-state index contributed by atoms with van der Waals surface area (Å²) >= 11 is 1.10. The molecule has 0 bridgehead atoms. The molecule has 1 aromatic rings. The lowest BCUT2D eigenvalue weighted by atomic mass is 9.74. The minimum Gasteiger partial charge on any atom is -0.496 e. The predicted octanol–water partition coefficient (Wildman–Crippen LogP) is 4.76. The maximum Gasteiger partial charge on any atom is 0.416 e. The Morgan fingerprint density at radius 2 is 2.10 bits per heavy atom. The number of halogens is 3. The fourth-order valence-electron chi connectivity index (χ4n) is 4.38. The molecule has 0 aromatic heterocycles. The topological polar surface area (TPSA) is 41.6 Å². The van der Waals surface area contributed by atoms with Crippen LogP contribution in [0.15, 0.2) is 41.3 Å². The van der Waals surface area contributed by atoms with Gasteiger partial charge in [-0.2, -0.15) is 13.2 Å². The first-order valence-electron chi connectivity index (χ1n) is 9.88. The number of thioether (sulfide) groups is 1. The van der Waals surface area contributed by atoms with Gasteiger partial charge in [0.25, 0.3) is 5.91 Å². The summed E-state index contributed by atoms with van der Waals surface area (Å²) in [7, 11) is 3.31. The molecule has 1 aliphatic heterocycles. The Labute approximate surface area is 179 Å². The molecule has 0 saturated carbocycles. The number of ether oxygens (including phenoxy) is 1. The number of alkyl halides is 3. The fourth-order valence-corrected chi connectivity index (χ4v) is 5.02. The van der Waals surface area contributed by atoms with E-state index in [0.717, 1.165) is 49.7 Å². The summed E-state index contributed by atoms with van der Waals surface area (Å²) in [5.74, 6) is -0.347. The van der Waals surface area contributed by atoms with Gasteiger partial charge in [-0.3, -0.25) is 4.79 Å². The highest BCUT2D eigenvalue weighted by Crippen LogP contribution is 2.39. The third kappa shape index (κ3) is 4.70. The van der Waals surface area contributed by atoms with Crippen LogP contribution in [0.5, 0.6) is 5.75 Å². The predicted molar refractivity (Wildman–Crippen MR) is 113 cm³/mol. The molecule has 30 heavy (non-hydrogen) atoms. The molecule has 8 heteroatoms. The third-order valence-electron chi connectivity index (χ3n) is 5.83. The van der Waals surface area contributed by atoms with E-state index >= 15 is 0 Å². The van der Waals surface area contributed by atoms with Crippen molar-refractivity contribution in [3.63, 3.8) is 0 Å². The number of carbonyl (C=O) groups is 1. The lowest BCUT2D eigenvalue weighted by Crippen LogP contribution is -2.61. The van der Waals surface area contributed by atoms with Crippen LogP contribution < -0.4 is 10.1 Å². The van der Waals surface area contributed by atoms with E-state index in [0.29, 0.717) is 6.54 Å². The number of piperidine rings is 1. The number of benzene rings is 1. The van der Waals surface area contributed by atoms with Gasteiger partial charge in [0.2, 0.25) is 0 Å². The largest absolute Gasteiger partial charge is 0.496 e. The van der Waals surface area contributed by atoms with E-state index in [2.05, 4.69) is 22.4 Å². The molecule has 2 aliphatic rings. The molecule has 1 aliphatic carbocycles. The molecule has 1 saturated heterocycles. The molecular formula is C22H27F3N2O2S. The summed E-state index contributed by atoms with van der Waals surface area (Å²) in [5, 5.41) is 3.22. The summed E-state index contributed by atoms with van der Waals surface area (Å²) in [5.41, 5.74) is -1.16. The SMILES string of the molecule is COc1cc(C(F)(F)F)cc(SC)c1C(=O)N[C@]1(C2C=CC=CC2)CCCN(C)C1. The highest BCUT2D eigenvalue weighted by molar-refractivity contribution is 7.98. The number of hydrogen-bond donors (Lipinski definition) is 1. The Bertz CT molecular complexity index is 828. The number of likely N-dealkylation sites (N-methyl/N-ethyl adjacent to an activating group) is 1. The van der Waals surface area contributed by atoms with Gasteiger partial charge in [-0.1, -0.05) is 24.3 Å². The molecule has 1 heterocycles. The minimum atomic E-state index is -4.51. The van der Waals surface area contributed by atoms with Crippen LogP contribution in [-0.4, -0.2) is 49.8 Å². The summed E-state index contributed by atoms with van der Waals surface area (Å²) in [6.45, 7) is 1.63. The Kier molecular flexibility index (Phi) is 6.87. The summed E-state index contributed by atoms with van der Waals surface area (Å²) < 4.78 is 45.1. The molecule has 4 nitrogen and oxygen atoms in total. The number of nitrogens with zero attached hydrogens (tertiary/aromatic N) is 1. The van der Waals surface area contributed by atoms with E-state index < -0.39 is 23.2 Å². The first-order valence-corrected chi connectivity index (χ1v) is 11.1. The average Bonchev–Trinajstić information content (AvgIpc) is 2.72. The second kappa shape index (κ2) is 9.06. The quantitative estimate of drug-likeness (QED) is 0.671. The lowest BCUT2D eigenvalue weighted by Gasteiger charge is -2.46. The standard InChI is InChI=1S/C22H27F3N2O2S/c1-27-11-7-10-21(14-27,15-8-5-4-6-9-15)26-20(28)19-17(29-2)12-16(22(23,24)25)13-18(19)30-3/h4-6,8,12-13,15H,7,9-11,14H2,1-3H3,(H,26,28)/t15?,21-/m1/s1. The second-order valence-corrected chi connectivity index (χ2v) is 8.71. The van der Waals surface area contributed by atoms with E-state index in [9.17, 15) is 18.0 Å². The first-order chi connectivity index (χ1) is 14.2. The maximum absolute atomic E-state index is 13.4. The van der Waals surface area contributed by atoms with E-state index in [1.54, 1.807) is 6.26 Å². The number of allylic oxidation sites excluding steroid dienone is 3. The Balaban J connectivity index is 2.00. The van der Waals surface area contributed by atoms with E-state index in [1.165, 1.54) is 7.11 Å². The van der Waals surface area contributed by atoms with Crippen molar-refractivity contribution in [3.8, 4) is 5.75 Å². The zero-order valence-corrected chi connectivity index (χ0v) is 18.2. The maximum atomic E-state index is 13.4. The number of nitrogens with one attached hydrogen (secondary N) is 1. The molecule has 164 valence electrons. The number of likely N-dealkylation sites (tertiary alicyclic amines) is 1. The molecular weight excluding hydrogens is 413 g/mol. The van der Waals surface area contributed by atoms with Crippen LogP contribution >= 0.6 is 11.8 Å². The van der Waals surface area contributed by atoms with Crippen molar-refractivity contribution in [2.75, 3.05) is 33.5 Å². The molecule has 1 amide bonds. The molecule has 1 unspecified atom stereocenters. The van der Waals surface area contributed by atoms with Gasteiger partial charge >= 0.3 is 6.18 Å². The zero-order valence-electron chi connectivity index (χ0n) is 17.4. The second-order valence-electron chi connectivity index (χ2n) is 7.86. The zero-order chi connectivity index (χ0) is 21.9. The molecule has 2 atom stereocenters. The van der Waals surface area contributed by atoms with Gasteiger partial charge in [0.05, 0.1) is 23.8 Å². The van der Waals surface area contributed by atoms with E-state index in [4.69, 9.17) is 4.74 Å². The summed E-state index contributed by atoms with van der Waals surface area (Å²) in [6.07, 6.45) is 7.87. The molecule has 0 radical (unpaired) electrons. The van der Waals surface area contributed by atoms with Crippen LogP contribution in [0.3, 0.4) is 0 Å². The van der Waals surface area contributed by atoms with Gasteiger partial charge < -0.3 is 15.0 Å². The molecule has 1 aromatic carbocycles. The van der Waals surface area contributed by atoms with Crippen LogP contribution in [0.4, 0.5) is 13.2 Å². The number of amides is 1. The van der Waals surface area contributed by atoms with Gasteiger partial charge in [-0.25, -0.2) is 0 Å². The van der Waals surface area contributed by atoms with Gasteiger partial charge in [-0.15, -0.1) is 11.8 Å². The number of methoxy groups -OCH3 is 1. The van der Waals surface area contributed by atoms with Crippen LogP contribution in [-0.2, 0) is 6.18 Å². The van der Waals surface area contributed by atoms with Gasteiger partial charge in [0.15, 0.2) is 0 Å². The Morgan fingerprint density at radius 1 is 1.33 bits per heavy atom. The smallest absolute Gasteiger partial charge is 0.416 e. The van der Waals surface area contributed by atoms with Crippen molar-refractivity contribution in [2.45, 2.75) is 35.9 Å². The van der Waals surface area contributed by atoms with E-state index in [-0.39, 0.29) is 22.1 Å². The summed E-state index contributed by atoms with van der Waals surface area (Å²) in [4.78, 5) is 15.9.